The molecule has 7 nitrogen and oxygen atoms in total. The highest BCUT2D eigenvalue weighted by molar-refractivity contribution is 6.02. The zero-order chi connectivity index (χ0) is 19.6. The number of carbonyl (C=O) groups is 2. The van der Waals surface area contributed by atoms with Crippen LogP contribution in [0.5, 0.6) is 11.5 Å². The molecule has 2 aromatic carbocycles. The zero-order valence-corrected chi connectivity index (χ0v) is 15.4. The number of carbonyl (C=O) groups excluding carboxylic acids is 2. The molecule has 0 spiro atoms. The van der Waals surface area contributed by atoms with Crippen molar-refractivity contribution in [3.8, 4) is 11.5 Å². The lowest BCUT2D eigenvalue weighted by Crippen LogP contribution is -2.17. The Morgan fingerprint density at radius 3 is 2.37 bits per heavy atom. The van der Waals surface area contributed by atoms with Crippen LogP contribution in [0.1, 0.15) is 5.56 Å². The summed E-state index contributed by atoms with van der Waals surface area (Å²) in [5, 5.41) is 5.42. The molecule has 2 amide bonds. The summed E-state index contributed by atoms with van der Waals surface area (Å²) in [7, 11) is 4.57. The summed E-state index contributed by atoms with van der Waals surface area (Å²) in [5.74, 6) is 0.683. The number of ether oxygens (including phenoxy) is 3. The summed E-state index contributed by atoms with van der Waals surface area (Å²) >= 11 is 0. The molecule has 27 heavy (non-hydrogen) atoms. The van der Waals surface area contributed by atoms with E-state index in [1.807, 2.05) is 0 Å². The van der Waals surface area contributed by atoms with Crippen LogP contribution in [0.25, 0.3) is 6.08 Å². The van der Waals surface area contributed by atoms with Crippen LogP contribution in [0.2, 0.25) is 0 Å². The lowest BCUT2D eigenvalue weighted by Gasteiger charge is -2.08. The van der Waals surface area contributed by atoms with Gasteiger partial charge in [0.05, 0.1) is 14.2 Å². The van der Waals surface area contributed by atoms with Gasteiger partial charge in [0, 0.05) is 36.2 Å². The molecular formula is C20H22N2O5. The van der Waals surface area contributed by atoms with Crippen molar-refractivity contribution in [3.63, 3.8) is 0 Å². The van der Waals surface area contributed by atoms with Gasteiger partial charge in [0.1, 0.15) is 18.1 Å². The van der Waals surface area contributed by atoms with Crippen molar-refractivity contribution >= 4 is 29.3 Å². The molecule has 2 aromatic rings. The van der Waals surface area contributed by atoms with Crippen molar-refractivity contribution in [1.29, 1.82) is 0 Å². The van der Waals surface area contributed by atoms with Crippen LogP contribution in [0, 0.1) is 0 Å². The minimum atomic E-state index is -0.312. The van der Waals surface area contributed by atoms with Crippen LogP contribution < -0.4 is 20.1 Å². The smallest absolute Gasteiger partial charge is 0.250 e. The standard InChI is InChI=1S/C20H22N2O5/c1-25-13-20(24)22-16-6-4-5-15(11-16)21-19(23)10-8-14-7-9-17(26-2)12-18(14)27-3/h4-12H,13H2,1-3H3,(H,21,23)(H,22,24)/b10-8+. The molecular weight excluding hydrogens is 348 g/mol. The van der Waals surface area contributed by atoms with Crippen molar-refractivity contribution in [2.45, 2.75) is 0 Å². The monoisotopic (exact) mass is 370 g/mol. The van der Waals surface area contributed by atoms with Gasteiger partial charge in [0.25, 0.3) is 0 Å². The number of anilines is 2. The number of hydrogen-bond acceptors (Lipinski definition) is 5. The van der Waals surface area contributed by atoms with Gasteiger partial charge in [0.15, 0.2) is 0 Å². The molecule has 0 atom stereocenters. The molecule has 0 saturated heterocycles. The van der Waals surface area contributed by atoms with E-state index in [4.69, 9.17) is 14.2 Å². The topological polar surface area (TPSA) is 85.9 Å². The van der Waals surface area contributed by atoms with Crippen molar-refractivity contribution in [1.82, 2.24) is 0 Å². The second-order valence-corrected chi connectivity index (χ2v) is 5.49. The number of benzene rings is 2. The van der Waals surface area contributed by atoms with Crippen molar-refractivity contribution in [2.75, 3.05) is 38.6 Å². The quantitative estimate of drug-likeness (QED) is 0.698. The molecule has 2 N–H and O–H groups in total. The zero-order valence-electron chi connectivity index (χ0n) is 15.4. The third kappa shape index (κ3) is 6.16. The van der Waals surface area contributed by atoms with E-state index in [9.17, 15) is 9.59 Å². The maximum atomic E-state index is 12.2. The molecule has 0 aliphatic heterocycles. The Bertz CT molecular complexity index is 833. The van der Waals surface area contributed by atoms with E-state index in [-0.39, 0.29) is 18.4 Å². The van der Waals surface area contributed by atoms with Crippen molar-refractivity contribution < 1.29 is 23.8 Å². The number of rotatable bonds is 8. The summed E-state index contributed by atoms with van der Waals surface area (Å²) in [5.41, 5.74) is 1.87. The molecule has 0 radical (unpaired) electrons. The van der Waals surface area contributed by atoms with Crippen LogP contribution in [-0.4, -0.2) is 39.8 Å². The molecule has 0 aromatic heterocycles. The van der Waals surface area contributed by atoms with Crippen LogP contribution in [0.3, 0.4) is 0 Å². The number of hydrogen-bond donors (Lipinski definition) is 2. The van der Waals surface area contributed by atoms with E-state index >= 15 is 0 Å². The minimum absolute atomic E-state index is 0.0387. The summed E-state index contributed by atoms with van der Waals surface area (Å²) in [6.45, 7) is -0.0387. The van der Waals surface area contributed by atoms with Gasteiger partial charge in [-0.1, -0.05) is 6.07 Å². The third-order valence-corrected chi connectivity index (χ3v) is 3.54. The highest BCUT2D eigenvalue weighted by Gasteiger charge is 2.05. The van der Waals surface area contributed by atoms with E-state index in [0.717, 1.165) is 5.56 Å². The Hall–Kier alpha value is -3.32. The molecule has 0 aliphatic rings. The number of methoxy groups -OCH3 is 3. The predicted octanol–water partition coefficient (Wildman–Crippen LogP) is 2.94. The summed E-state index contributed by atoms with van der Waals surface area (Å²) in [4.78, 5) is 23.7. The van der Waals surface area contributed by atoms with Gasteiger partial charge in [0.2, 0.25) is 11.8 Å². The maximum absolute atomic E-state index is 12.2. The second kappa shape index (κ2) is 9.98. The van der Waals surface area contributed by atoms with E-state index in [1.165, 1.54) is 13.2 Å². The first-order chi connectivity index (χ1) is 13.0. The summed E-state index contributed by atoms with van der Waals surface area (Å²) in [6, 6.07) is 12.2. The van der Waals surface area contributed by atoms with E-state index in [2.05, 4.69) is 10.6 Å². The molecule has 0 unspecified atom stereocenters. The average Bonchev–Trinajstić information content (AvgIpc) is 2.66. The van der Waals surface area contributed by atoms with Crippen molar-refractivity contribution in [3.05, 3.63) is 54.1 Å². The SMILES string of the molecule is COCC(=O)Nc1cccc(NC(=O)/C=C/c2ccc(OC)cc2OC)c1. The highest BCUT2D eigenvalue weighted by Crippen LogP contribution is 2.25. The van der Waals surface area contributed by atoms with Crippen LogP contribution in [-0.2, 0) is 14.3 Å². The van der Waals surface area contributed by atoms with E-state index < -0.39 is 0 Å². The summed E-state index contributed by atoms with van der Waals surface area (Å²) < 4.78 is 15.2. The van der Waals surface area contributed by atoms with Gasteiger partial charge in [-0.15, -0.1) is 0 Å². The molecule has 0 bridgehead atoms. The van der Waals surface area contributed by atoms with Gasteiger partial charge >= 0.3 is 0 Å². The van der Waals surface area contributed by atoms with Gasteiger partial charge in [-0.25, -0.2) is 0 Å². The second-order valence-electron chi connectivity index (χ2n) is 5.49. The first-order valence-corrected chi connectivity index (χ1v) is 8.15. The Balaban J connectivity index is 2.03. The number of nitrogens with one attached hydrogen (secondary N) is 2. The fraction of sp³-hybridized carbons (Fsp3) is 0.200. The van der Waals surface area contributed by atoms with Gasteiger partial charge in [-0.05, 0) is 36.4 Å². The van der Waals surface area contributed by atoms with Gasteiger partial charge in [-0.3, -0.25) is 9.59 Å². The fourth-order valence-electron chi connectivity index (χ4n) is 2.31. The minimum Gasteiger partial charge on any atom is -0.497 e. The Morgan fingerprint density at radius 1 is 0.963 bits per heavy atom. The van der Waals surface area contributed by atoms with Gasteiger partial charge in [-0.2, -0.15) is 0 Å². The molecule has 0 aliphatic carbocycles. The molecule has 142 valence electrons. The summed E-state index contributed by atoms with van der Waals surface area (Å²) in [6.07, 6.45) is 3.05. The Morgan fingerprint density at radius 2 is 1.70 bits per heavy atom. The molecule has 7 heteroatoms. The predicted molar refractivity (Wildman–Crippen MR) is 104 cm³/mol. The van der Waals surface area contributed by atoms with Crippen LogP contribution in [0.4, 0.5) is 11.4 Å². The molecule has 0 fully saturated rings. The van der Waals surface area contributed by atoms with Crippen LogP contribution in [0.15, 0.2) is 48.5 Å². The lowest BCUT2D eigenvalue weighted by atomic mass is 10.1. The molecule has 0 saturated carbocycles. The first-order valence-electron chi connectivity index (χ1n) is 8.15. The van der Waals surface area contributed by atoms with Crippen molar-refractivity contribution in [2.24, 2.45) is 0 Å². The average molecular weight is 370 g/mol. The Labute approximate surface area is 157 Å². The normalized spacial score (nSPS) is 10.5. The third-order valence-electron chi connectivity index (χ3n) is 3.54. The molecule has 2 rings (SSSR count). The van der Waals surface area contributed by atoms with Crippen LogP contribution >= 0.6 is 0 Å². The lowest BCUT2D eigenvalue weighted by molar-refractivity contribution is -0.119. The maximum Gasteiger partial charge on any atom is 0.250 e. The first kappa shape index (κ1) is 20.0. The highest BCUT2D eigenvalue weighted by atomic mass is 16.5. The fourth-order valence-corrected chi connectivity index (χ4v) is 2.31. The number of amides is 2. The van der Waals surface area contributed by atoms with E-state index in [1.54, 1.807) is 62.8 Å². The largest absolute Gasteiger partial charge is 0.497 e. The Kier molecular flexibility index (Phi) is 7.39. The van der Waals surface area contributed by atoms with Gasteiger partial charge < -0.3 is 24.8 Å². The van der Waals surface area contributed by atoms with E-state index in [0.29, 0.717) is 22.9 Å². The molecule has 0 heterocycles.